The largest absolute Gasteiger partial charge is 0.486 e. The van der Waals surface area contributed by atoms with Crippen LogP contribution >= 0.6 is 11.8 Å². The number of hydrazine groups is 1. The van der Waals surface area contributed by atoms with E-state index in [2.05, 4.69) is 5.43 Å². The smallest absolute Gasteiger partial charge is 0.247 e. The predicted octanol–water partition coefficient (Wildman–Crippen LogP) is 1.32. The summed E-state index contributed by atoms with van der Waals surface area (Å²) in [4.78, 5) is 12.5. The van der Waals surface area contributed by atoms with Gasteiger partial charge in [0.1, 0.15) is 13.2 Å². The summed E-state index contributed by atoms with van der Waals surface area (Å²) in [6.07, 6.45) is 0.710. The van der Waals surface area contributed by atoms with E-state index in [9.17, 15) is 4.79 Å². The number of hydrogen-bond acceptors (Lipinski definition) is 5. The molecule has 1 unspecified atom stereocenters. The molecule has 1 aliphatic rings. The summed E-state index contributed by atoms with van der Waals surface area (Å²) in [7, 11) is 0. The van der Waals surface area contributed by atoms with Gasteiger partial charge in [0.2, 0.25) is 5.91 Å². The van der Waals surface area contributed by atoms with E-state index in [1.165, 1.54) is 11.8 Å². The summed E-state index contributed by atoms with van der Waals surface area (Å²) >= 11 is 1.47. The highest BCUT2D eigenvalue weighted by Gasteiger charge is 2.18. The second-order valence-corrected chi connectivity index (χ2v) is 5.10. The third kappa shape index (κ3) is 2.88. The standard InChI is InChI=1S/C12H16N2O3S/c1-2-11(12(15)14-13)18-8-3-4-9-10(7-8)17-6-5-16-9/h3-4,7,11H,2,5-6,13H2,1H3,(H,14,15). The van der Waals surface area contributed by atoms with Gasteiger partial charge in [0.05, 0.1) is 5.25 Å². The Hall–Kier alpha value is -1.40. The number of carbonyl (C=O) groups is 1. The Morgan fingerprint density at radius 3 is 2.83 bits per heavy atom. The number of fused-ring (bicyclic) bond motifs is 1. The minimum atomic E-state index is -0.197. The SMILES string of the molecule is CCC(Sc1ccc2c(c1)OCCO2)C(=O)NN. The van der Waals surface area contributed by atoms with Crippen molar-refractivity contribution in [3.05, 3.63) is 18.2 Å². The van der Waals surface area contributed by atoms with Crippen molar-refractivity contribution in [3.8, 4) is 11.5 Å². The first kappa shape index (κ1) is 13.0. The van der Waals surface area contributed by atoms with E-state index in [-0.39, 0.29) is 11.2 Å². The molecule has 1 aromatic rings. The number of ether oxygens (including phenoxy) is 2. The lowest BCUT2D eigenvalue weighted by Gasteiger charge is -2.19. The van der Waals surface area contributed by atoms with Crippen LogP contribution in [0.4, 0.5) is 0 Å². The van der Waals surface area contributed by atoms with Crippen molar-refractivity contribution in [3.63, 3.8) is 0 Å². The molecule has 0 saturated heterocycles. The Morgan fingerprint density at radius 1 is 1.44 bits per heavy atom. The highest BCUT2D eigenvalue weighted by molar-refractivity contribution is 8.00. The van der Waals surface area contributed by atoms with E-state index < -0.39 is 0 Å². The average Bonchev–Trinajstić information content (AvgIpc) is 2.43. The molecule has 98 valence electrons. The lowest BCUT2D eigenvalue weighted by Crippen LogP contribution is -2.37. The number of carbonyl (C=O) groups excluding carboxylic acids is 1. The first-order chi connectivity index (χ1) is 8.74. The Kier molecular flexibility index (Phi) is 4.33. The van der Waals surface area contributed by atoms with Gasteiger partial charge in [0.25, 0.3) is 0 Å². The molecular weight excluding hydrogens is 252 g/mol. The van der Waals surface area contributed by atoms with Gasteiger partial charge in [-0.05, 0) is 24.6 Å². The molecule has 0 aromatic heterocycles. The molecule has 1 amide bonds. The van der Waals surface area contributed by atoms with Crippen molar-refractivity contribution >= 4 is 17.7 Å². The van der Waals surface area contributed by atoms with Gasteiger partial charge in [-0.3, -0.25) is 10.2 Å². The molecule has 1 atom stereocenters. The van der Waals surface area contributed by atoms with E-state index >= 15 is 0 Å². The van der Waals surface area contributed by atoms with Gasteiger partial charge in [0, 0.05) is 4.90 Å². The number of thioether (sulfide) groups is 1. The maximum absolute atomic E-state index is 11.5. The highest BCUT2D eigenvalue weighted by atomic mass is 32.2. The summed E-state index contributed by atoms with van der Waals surface area (Å²) in [6.45, 7) is 3.08. The van der Waals surface area contributed by atoms with Gasteiger partial charge in [-0.1, -0.05) is 6.92 Å². The molecule has 18 heavy (non-hydrogen) atoms. The molecule has 1 aliphatic heterocycles. The second kappa shape index (κ2) is 5.97. The number of nitrogens with two attached hydrogens (primary N) is 1. The molecule has 6 heteroatoms. The zero-order valence-electron chi connectivity index (χ0n) is 10.1. The summed E-state index contributed by atoms with van der Waals surface area (Å²) in [5.41, 5.74) is 2.18. The average molecular weight is 268 g/mol. The van der Waals surface area contributed by atoms with Gasteiger partial charge < -0.3 is 9.47 Å². The van der Waals surface area contributed by atoms with Crippen LogP contribution in [0.15, 0.2) is 23.1 Å². The van der Waals surface area contributed by atoms with Crippen LogP contribution in [0.1, 0.15) is 13.3 Å². The van der Waals surface area contributed by atoms with Crippen molar-refractivity contribution in [2.24, 2.45) is 5.84 Å². The monoisotopic (exact) mass is 268 g/mol. The van der Waals surface area contributed by atoms with Gasteiger partial charge in [-0.2, -0.15) is 0 Å². The number of amides is 1. The molecule has 0 fully saturated rings. The topological polar surface area (TPSA) is 73.6 Å². The molecule has 0 saturated carbocycles. The fraction of sp³-hybridized carbons (Fsp3) is 0.417. The quantitative estimate of drug-likeness (QED) is 0.373. The van der Waals surface area contributed by atoms with Gasteiger partial charge in [0.15, 0.2) is 11.5 Å². The van der Waals surface area contributed by atoms with Crippen molar-refractivity contribution < 1.29 is 14.3 Å². The molecule has 1 aromatic carbocycles. The number of nitrogens with one attached hydrogen (secondary N) is 1. The molecule has 5 nitrogen and oxygen atoms in total. The van der Waals surface area contributed by atoms with Crippen molar-refractivity contribution in [2.75, 3.05) is 13.2 Å². The van der Waals surface area contributed by atoms with Crippen molar-refractivity contribution in [1.29, 1.82) is 0 Å². The Morgan fingerprint density at radius 2 is 2.17 bits per heavy atom. The minimum Gasteiger partial charge on any atom is -0.486 e. The molecular formula is C12H16N2O3S. The summed E-state index contributed by atoms with van der Waals surface area (Å²) in [6, 6.07) is 5.68. The fourth-order valence-corrected chi connectivity index (χ4v) is 2.67. The Bertz CT molecular complexity index is 439. The third-order valence-corrected chi connectivity index (χ3v) is 3.96. The molecule has 0 bridgehead atoms. The van der Waals surface area contributed by atoms with Crippen LogP contribution in [0.3, 0.4) is 0 Å². The number of hydrogen-bond donors (Lipinski definition) is 2. The molecule has 0 aliphatic carbocycles. The van der Waals surface area contributed by atoms with E-state index in [1.807, 2.05) is 25.1 Å². The third-order valence-electron chi connectivity index (χ3n) is 2.60. The summed E-state index contributed by atoms with van der Waals surface area (Å²) in [5, 5.41) is -0.197. The maximum atomic E-state index is 11.5. The molecule has 0 spiro atoms. The second-order valence-electron chi connectivity index (χ2n) is 3.83. The number of benzene rings is 1. The lowest BCUT2D eigenvalue weighted by molar-refractivity contribution is -0.120. The van der Waals surface area contributed by atoms with Gasteiger partial charge >= 0.3 is 0 Å². The van der Waals surface area contributed by atoms with Gasteiger partial charge in [-0.15, -0.1) is 11.8 Å². The molecule has 2 rings (SSSR count). The zero-order chi connectivity index (χ0) is 13.0. The van der Waals surface area contributed by atoms with E-state index in [0.717, 1.165) is 16.4 Å². The first-order valence-electron chi connectivity index (χ1n) is 5.81. The van der Waals surface area contributed by atoms with Crippen LogP contribution in [0.25, 0.3) is 0 Å². The van der Waals surface area contributed by atoms with E-state index in [4.69, 9.17) is 15.3 Å². The fourth-order valence-electron chi connectivity index (χ4n) is 1.68. The van der Waals surface area contributed by atoms with Gasteiger partial charge in [-0.25, -0.2) is 5.84 Å². The Balaban J connectivity index is 2.11. The Labute approximate surface area is 110 Å². The highest BCUT2D eigenvalue weighted by Crippen LogP contribution is 2.35. The molecule has 0 radical (unpaired) electrons. The first-order valence-corrected chi connectivity index (χ1v) is 6.69. The number of rotatable bonds is 4. The van der Waals surface area contributed by atoms with Crippen molar-refractivity contribution in [1.82, 2.24) is 5.43 Å². The maximum Gasteiger partial charge on any atom is 0.247 e. The normalized spacial score (nSPS) is 15.0. The summed E-state index contributed by atoms with van der Waals surface area (Å²) in [5.74, 6) is 6.47. The van der Waals surface area contributed by atoms with Crippen LogP contribution in [-0.4, -0.2) is 24.4 Å². The minimum absolute atomic E-state index is 0.169. The van der Waals surface area contributed by atoms with Crippen LogP contribution in [0, 0.1) is 0 Å². The predicted molar refractivity (Wildman–Crippen MR) is 69.7 cm³/mol. The summed E-state index contributed by atoms with van der Waals surface area (Å²) < 4.78 is 10.9. The van der Waals surface area contributed by atoms with Crippen LogP contribution in [0.5, 0.6) is 11.5 Å². The molecule has 1 heterocycles. The van der Waals surface area contributed by atoms with E-state index in [1.54, 1.807) is 0 Å². The lowest BCUT2D eigenvalue weighted by atomic mass is 10.3. The zero-order valence-corrected chi connectivity index (χ0v) is 11.0. The van der Waals surface area contributed by atoms with Crippen LogP contribution in [0.2, 0.25) is 0 Å². The van der Waals surface area contributed by atoms with Crippen LogP contribution in [-0.2, 0) is 4.79 Å². The molecule has 3 N–H and O–H groups in total. The van der Waals surface area contributed by atoms with E-state index in [0.29, 0.717) is 19.6 Å². The van der Waals surface area contributed by atoms with Crippen molar-refractivity contribution in [2.45, 2.75) is 23.5 Å². The van der Waals surface area contributed by atoms with Crippen LogP contribution < -0.4 is 20.7 Å².